The van der Waals surface area contributed by atoms with E-state index >= 15 is 0 Å². The third-order valence-electron chi connectivity index (χ3n) is 16.6. The largest absolute Gasteiger partial charge is 0.394 e. The highest BCUT2D eigenvalue weighted by Crippen LogP contribution is 2.23. The molecule has 78 heavy (non-hydrogen) atoms. The molecule has 10 nitrogen and oxygen atoms in total. The molecule has 10 heteroatoms. The minimum atomic E-state index is -1.61. The number of rotatable bonds is 60. The fourth-order valence-electron chi connectivity index (χ4n) is 11.2. The van der Waals surface area contributed by atoms with E-state index in [1.807, 2.05) is 6.08 Å². The summed E-state index contributed by atoms with van der Waals surface area (Å²) >= 11 is 0. The zero-order valence-corrected chi connectivity index (χ0v) is 51.3. The molecule has 0 aromatic heterocycles. The van der Waals surface area contributed by atoms with Crippen molar-refractivity contribution in [2.45, 2.75) is 390 Å². The molecule has 1 saturated heterocycles. The second kappa shape index (κ2) is 57.4. The Kier molecular flexibility index (Phi) is 55.0. The predicted octanol–water partition coefficient (Wildman–Crippen LogP) is 17.1. The molecular formula is C68H131NO9. The van der Waals surface area contributed by atoms with Crippen LogP contribution in [-0.2, 0) is 14.3 Å². The van der Waals surface area contributed by atoms with Gasteiger partial charge in [0.05, 0.1) is 25.4 Å². The molecule has 7 N–H and O–H groups in total. The number of carbonyl (C=O) groups is 1. The Morgan fingerprint density at radius 3 is 1.12 bits per heavy atom. The van der Waals surface area contributed by atoms with Crippen LogP contribution in [-0.4, -0.2) is 98.7 Å². The van der Waals surface area contributed by atoms with Gasteiger partial charge in [-0.25, -0.2) is 0 Å². The van der Waals surface area contributed by atoms with Crippen LogP contribution in [0.5, 0.6) is 0 Å². The van der Waals surface area contributed by atoms with Crippen LogP contribution in [0.15, 0.2) is 24.3 Å². The number of carbonyl (C=O) groups excluding carboxylic acids is 1. The maximum Gasteiger partial charge on any atom is 0.249 e. The van der Waals surface area contributed by atoms with Gasteiger partial charge in [-0.15, -0.1) is 0 Å². The van der Waals surface area contributed by atoms with Crippen LogP contribution in [0.3, 0.4) is 0 Å². The van der Waals surface area contributed by atoms with Gasteiger partial charge in [0.25, 0.3) is 0 Å². The summed E-state index contributed by atoms with van der Waals surface area (Å²) in [6.07, 6.45) is 64.9. The van der Waals surface area contributed by atoms with Crippen molar-refractivity contribution in [1.29, 1.82) is 0 Å². The molecule has 462 valence electrons. The summed E-state index contributed by atoms with van der Waals surface area (Å²) in [5.74, 6) is -0.620. The number of hydrogen-bond donors (Lipinski definition) is 7. The van der Waals surface area contributed by atoms with Gasteiger partial charge in [0, 0.05) is 0 Å². The van der Waals surface area contributed by atoms with Gasteiger partial charge in [-0.1, -0.05) is 334 Å². The molecule has 0 spiro atoms. The minimum absolute atomic E-state index is 0.309. The number of hydrogen-bond acceptors (Lipinski definition) is 9. The summed E-state index contributed by atoms with van der Waals surface area (Å²) < 4.78 is 11.2. The molecule has 0 radical (unpaired) electrons. The van der Waals surface area contributed by atoms with Gasteiger partial charge in [-0.05, 0) is 32.1 Å². The summed E-state index contributed by atoms with van der Waals surface area (Å²) in [6, 6.07) is -0.995. The molecule has 1 aliphatic rings. The summed E-state index contributed by atoms with van der Waals surface area (Å²) in [5.41, 5.74) is 0. The topological polar surface area (TPSA) is 169 Å². The van der Waals surface area contributed by atoms with Gasteiger partial charge in [-0.2, -0.15) is 0 Å². The van der Waals surface area contributed by atoms with E-state index in [-0.39, 0.29) is 6.61 Å². The first kappa shape index (κ1) is 74.6. The Hall–Kier alpha value is -1.37. The minimum Gasteiger partial charge on any atom is -0.394 e. The SMILES string of the molecule is CCCCCCCCCCC/C=C/CC/C=C/C(O)C(COC1OC(CO)C(O)C(O)C1O)NC(=O)C(O)CCCCCCCCCCCCCCCCCCCCCCCCCCCCCCCCCCCCCCCC. The molecule has 0 saturated carbocycles. The van der Waals surface area contributed by atoms with E-state index in [0.29, 0.717) is 12.8 Å². The Balaban J connectivity index is 2.07. The smallest absolute Gasteiger partial charge is 0.249 e. The zero-order valence-electron chi connectivity index (χ0n) is 51.3. The molecule has 1 aliphatic heterocycles. The van der Waals surface area contributed by atoms with E-state index < -0.39 is 61.5 Å². The lowest BCUT2D eigenvalue weighted by Crippen LogP contribution is -2.60. The maximum atomic E-state index is 13.2. The van der Waals surface area contributed by atoms with Crippen molar-refractivity contribution >= 4 is 5.91 Å². The summed E-state index contributed by atoms with van der Waals surface area (Å²) in [7, 11) is 0. The number of aliphatic hydroxyl groups excluding tert-OH is 6. The molecular weight excluding hydrogens is 975 g/mol. The molecule has 1 rings (SSSR count). The van der Waals surface area contributed by atoms with Crippen LogP contribution >= 0.6 is 0 Å². The maximum absolute atomic E-state index is 13.2. The quantitative estimate of drug-likeness (QED) is 0.0232. The van der Waals surface area contributed by atoms with Crippen molar-refractivity contribution in [3.8, 4) is 0 Å². The van der Waals surface area contributed by atoms with Gasteiger partial charge in [0.15, 0.2) is 6.29 Å². The summed E-state index contributed by atoms with van der Waals surface area (Å²) in [4.78, 5) is 13.2. The monoisotopic (exact) mass is 1110 g/mol. The second-order valence-electron chi connectivity index (χ2n) is 24.1. The Labute approximate surface area is 482 Å². The lowest BCUT2D eigenvalue weighted by molar-refractivity contribution is -0.302. The van der Waals surface area contributed by atoms with Crippen molar-refractivity contribution in [3.63, 3.8) is 0 Å². The average molecular weight is 1110 g/mol. The fourth-order valence-corrected chi connectivity index (χ4v) is 11.2. The van der Waals surface area contributed by atoms with Gasteiger partial charge < -0.3 is 45.4 Å². The predicted molar refractivity (Wildman–Crippen MR) is 329 cm³/mol. The highest BCUT2D eigenvalue weighted by molar-refractivity contribution is 5.80. The van der Waals surface area contributed by atoms with Crippen LogP contribution < -0.4 is 5.32 Å². The number of ether oxygens (including phenoxy) is 2. The van der Waals surface area contributed by atoms with Crippen molar-refractivity contribution in [2.24, 2.45) is 0 Å². The van der Waals surface area contributed by atoms with Crippen LogP contribution in [0.4, 0.5) is 0 Å². The fraction of sp³-hybridized carbons (Fsp3) is 0.926. The Bertz CT molecular complexity index is 1300. The van der Waals surface area contributed by atoms with Crippen molar-refractivity contribution in [2.75, 3.05) is 13.2 Å². The van der Waals surface area contributed by atoms with Gasteiger partial charge in [0.1, 0.15) is 30.5 Å². The number of amides is 1. The number of nitrogens with one attached hydrogen (secondary N) is 1. The first-order chi connectivity index (χ1) is 38.3. The first-order valence-electron chi connectivity index (χ1n) is 34.2. The van der Waals surface area contributed by atoms with Crippen LogP contribution in [0.25, 0.3) is 0 Å². The molecule has 8 atom stereocenters. The Morgan fingerprint density at radius 2 is 0.756 bits per heavy atom. The van der Waals surface area contributed by atoms with Crippen LogP contribution in [0.1, 0.15) is 341 Å². The lowest BCUT2D eigenvalue weighted by atomic mass is 9.99. The zero-order chi connectivity index (χ0) is 56.6. The van der Waals surface area contributed by atoms with Crippen LogP contribution in [0.2, 0.25) is 0 Å². The van der Waals surface area contributed by atoms with E-state index in [1.165, 1.54) is 276 Å². The molecule has 1 fully saturated rings. The van der Waals surface area contributed by atoms with Gasteiger partial charge >= 0.3 is 0 Å². The van der Waals surface area contributed by atoms with E-state index in [4.69, 9.17) is 9.47 Å². The first-order valence-corrected chi connectivity index (χ1v) is 34.2. The van der Waals surface area contributed by atoms with Gasteiger partial charge in [-0.3, -0.25) is 4.79 Å². The van der Waals surface area contributed by atoms with E-state index in [1.54, 1.807) is 6.08 Å². The highest BCUT2D eigenvalue weighted by atomic mass is 16.7. The Morgan fingerprint density at radius 1 is 0.436 bits per heavy atom. The standard InChI is InChI=1S/C68H131NO9/c1-3-5-7-9-11-13-15-17-19-20-21-22-23-24-25-26-27-28-29-30-31-32-33-34-35-36-37-38-39-40-41-43-45-47-49-51-53-55-57-62(72)67(76)69-60(59-77-68-66(75)65(74)64(73)63(58-70)78-68)61(71)56-54-52-50-48-46-44-42-18-16-14-12-10-8-6-4-2/h46,48,54,56,60-66,68,70-75H,3-45,47,49-53,55,57-59H2,1-2H3,(H,69,76)/b48-46+,56-54+. The summed E-state index contributed by atoms with van der Waals surface area (Å²) in [5, 5.41) is 65.1. The van der Waals surface area contributed by atoms with Crippen molar-refractivity contribution < 1.29 is 44.9 Å². The van der Waals surface area contributed by atoms with E-state index in [9.17, 15) is 35.4 Å². The molecule has 1 amide bonds. The highest BCUT2D eigenvalue weighted by Gasteiger charge is 2.44. The van der Waals surface area contributed by atoms with Crippen molar-refractivity contribution in [3.05, 3.63) is 24.3 Å². The molecule has 0 aromatic rings. The van der Waals surface area contributed by atoms with Crippen molar-refractivity contribution in [1.82, 2.24) is 5.32 Å². The lowest BCUT2D eigenvalue weighted by Gasteiger charge is -2.40. The van der Waals surface area contributed by atoms with Crippen LogP contribution in [0, 0.1) is 0 Å². The number of unbranched alkanes of at least 4 members (excludes halogenated alkanes) is 47. The molecule has 8 unspecified atom stereocenters. The second-order valence-corrected chi connectivity index (χ2v) is 24.1. The van der Waals surface area contributed by atoms with Gasteiger partial charge in [0.2, 0.25) is 5.91 Å². The molecule has 0 aromatic carbocycles. The average Bonchev–Trinajstić information content (AvgIpc) is 3.44. The number of aliphatic hydroxyl groups is 6. The van der Waals surface area contributed by atoms with E-state index in [2.05, 4.69) is 31.3 Å². The third-order valence-corrected chi connectivity index (χ3v) is 16.6. The normalized spacial score (nSPS) is 19.1. The summed E-state index contributed by atoms with van der Waals surface area (Å²) in [6.45, 7) is 3.64. The molecule has 0 bridgehead atoms. The number of allylic oxidation sites excluding steroid dienone is 3. The van der Waals surface area contributed by atoms with E-state index in [0.717, 1.165) is 38.5 Å². The molecule has 1 heterocycles. The molecule has 0 aliphatic carbocycles. The third kappa shape index (κ3) is 45.2.